The highest BCUT2D eigenvalue weighted by atomic mass is 79.9. The minimum atomic E-state index is -1.52. The molecule has 0 bridgehead atoms. The maximum Gasteiger partial charge on any atom is 0.407 e. The number of ether oxygens (including phenoxy) is 1. The van der Waals surface area contributed by atoms with E-state index >= 15 is 0 Å². The van der Waals surface area contributed by atoms with Gasteiger partial charge in [0.25, 0.3) is 5.91 Å². The number of carbonyl (C=O) groups is 2. The van der Waals surface area contributed by atoms with Crippen LogP contribution in [0.4, 0.5) is 16.2 Å². The highest BCUT2D eigenvalue weighted by molar-refractivity contribution is 9.10. The van der Waals surface area contributed by atoms with E-state index in [1.165, 1.54) is 13.8 Å². The molecule has 31 heavy (non-hydrogen) atoms. The highest BCUT2D eigenvalue weighted by Gasteiger charge is 2.29. The summed E-state index contributed by atoms with van der Waals surface area (Å²) in [5, 5.41) is 16.5. The van der Waals surface area contributed by atoms with Crippen LogP contribution in [0.15, 0.2) is 16.9 Å². The van der Waals surface area contributed by atoms with Gasteiger partial charge in [-0.2, -0.15) is 0 Å². The monoisotopic (exact) mass is 495 g/mol. The van der Waals surface area contributed by atoms with Crippen molar-refractivity contribution in [2.45, 2.75) is 64.7 Å². The van der Waals surface area contributed by atoms with Gasteiger partial charge in [0.2, 0.25) is 0 Å². The first-order chi connectivity index (χ1) is 14.3. The third kappa shape index (κ3) is 5.68. The van der Waals surface area contributed by atoms with Gasteiger partial charge < -0.3 is 30.4 Å². The van der Waals surface area contributed by atoms with E-state index in [2.05, 4.69) is 41.4 Å². The number of fused-ring (bicyclic) bond motifs is 1. The Labute approximate surface area is 190 Å². The van der Waals surface area contributed by atoms with Crippen LogP contribution >= 0.6 is 15.9 Å². The van der Waals surface area contributed by atoms with E-state index < -0.39 is 23.2 Å². The molecule has 2 aromatic rings. The molecule has 1 fully saturated rings. The fourth-order valence-corrected chi connectivity index (χ4v) is 4.06. The van der Waals surface area contributed by atoms with Crippen molar-refractivity contribution in [2.24, 2.45) is 0 Å². The standard InChI is InChI=1S/C21H30BrN5O4/c1-20(2,3)31-19(29)25-12-7-6-8-27(11-12)16-13(22)9-23-17-15(16)14(10-24-17)26-18(28)21(4,5)30/h9-10,12,30H,6-8,11H2,1-5H3,(H,23,24)(H,25,29)(H,26,28)/t12-/m1/s1. The van der Waals surface area contributed by atoms with Crippen LogP contribution in [0.2, 0.25) is 0 Å². The van der Waals surface area contributed by atoms with Gasteiger partial charge in [0.15, 0.2) is 0 Å². The number of aromatic nitrogens is 2. The number of alkyl carbamates (subject to hydrolysis) is 1. The van der Waals surface area contributed by atoms with Crippen molar-refractivity contribution in [2.75, 3.05) is 23.3 Å². The van der Waals surface area contributed by atoms with Crippen LogP contribution in [0.1, 0.15) is 47.5 Å². The third-order valence-corrected chi connectivity index (χ3v) is 5.47. The van der Waals surface area contributed by atoms with Crippen molar-refractivity contribution in [3.05, 3.63) is 16.9 Å². The van der Waals surface area contributed by atoms with Gasteiger partial charge in [-0.3, -0.25) is 4.79 Å². The molecule has 3 heterocycles. The molecule has 1 saturated heterocycles. The average Bonchev–Trinajstić information content (AvgIpc) is 3.02. The van der Waals surface area contributed by atoms with Crippen LogP contribution in [0, 0.1) is 0 Å². The van der Waals surface area contributed by atoms with E-state index in [1.54, 1.807) is 12.4 Å². The number of nitrogens with one attached hydrogen (secondary N) is 3. The zero-order chi connectivity index (χ0) is 23.0. The number of halogens is 1. The van der Waals surface area contributed by atoms with Crippen LogP contribution in [-0.4, -0.2) is 57.4 Å². The number of piperidine rings is 1. The number of carbonyl (C=O) groups excluding carboxylic acids is 2. The smallest absolute Gasteiger partial charge is 0.407 e. The molecule has 0 spiro atoms. The van der Waals surface area contributed by atoms with E-state index in [0.29, 0.717) is 17.9 Å². The van der Waals surface area contributed by atoms with Gasteiger partial charge in [0, 0.05) is 31.5 Å². The fourth-order valence-electron chi connectivity index (χ4n) is 3.51. The number of pyridine rings is 1. The second kappa shape index (κ2) is 8.66. The van der Waals surface area contributed by atoms with E-state index in [9.17, 15) is 14.7 Å². The molecule has 9 nitrogen and oxygen atoms in total. The number of anilines is 2. The number of nitrogens with zero attached hydrogens (tertiary/aromatic N) is 2. The molecular formula is C21H30BrN5O4. The second-order valence-electron chi connectivity index (χ2n) is 9.33. The summed E-state index contributed by atoms with van der Waals surface area (Å²) in [4.78, 5) is 34.2. The largest absolute Gasteiger partial charge is 0.444 e. The molecule has 0 aromatic carbocycles. The molecular weight excluding hydrogens is 466 g/mol. The predicted octanol–water partition coefficient (Wildman–Crippen LogP) is 3.53. The normalized spacial score (nSPS) is 17.5. The molecule has 0 aliphatic carbocycles. The van der Waals surface area contributed by atoms with Gasteiger partial charge in [-0.25, -0.2) is 9.78 Å². The van der Waals surface area contributed by atoms with E-state index in [4.69, 9.17) is 4.74 Å². The van der Waals surface area contributed by atoms with Gasteiger partial charge in [-0.15, -0.1) is 0 Å². The lowest BCUT2D eigenvalue weighted by atomic mass is 10.0. The summed E-state index contributed by atoms with van der Waals surface area (Å²) in [5.74, 6) is -0.512. The van der Waals surface area contributed by atoms with Gasteiger partial charge in [0.05, 0.1) is 21.2 Å². The Bertz CT molecular complexity index is 977. The Morgan fingerprint density at radius 2 is 2.03 bits per heavy atom. The molecule has 170 valence electrons. The molecule has 4 N–H and O–H groups in total. The van der Waals surface area contributed by atoms with Crippen LogP contribution < -0.4 is 15.5 Å². The fraction of sp³-hybridized carbons (Fsp3) is 0.571. The topological polar surface area (TPSA) is 120 Å². The predicted molar refractivity (Wildman–Crippen MR) is 123 cm³/mol. The number of amides is 2. The summed E-state index contributed by atoms with van der Waals surface area (Å²) in [6.45, 7) is 9.74. The quantitative estimate of drug-likeness (QED) is 0.514. The summed E-state index contributed by atoms with van der Waals surface area (Å²) in [6, 6.07) is -0.0768. The Morgan fingerprint density at radius 3 is 2.68 bits per heavy atom. The lowest BCUT2D eigenvalue weighted by Gasteiger charge is -2.36. The van der Waals surface area contributed by atoms with Crippen molar-refractivity contribution in [3.63, 3.8) is 0 Å². The Hall–Kier alpha value is -2.33. The molecule has 1 atom stereocenters. The van der Waals surface area contributed by atoms with Gasteiger partial charge in [-0.1, -0.05) is 0 Å². The molecule has 10 heteroatoms. The number of hydrogen-bond donors (Lipinski definition) is 4. The SMILES string of the molecule is CC(C)(C)OC(=O)N[C@@H]1CCCN(c2c(Br)cnc3[nH]cc(NC(=O)C(C)(C)O)c23)C1. The first-order valence-corrected chi connectivity index (χ1v) is 11.1. The zero-order valence-corrected chi connectivity index (χ0v) is 20.1. The lowest BCUT2D eigenvalue weighted by Crippen LogP contribution is -2.49. The Kier molecular flexibility index (Phi) is 6.52. The van der Waals surface area contributed by atoms with E-state index in [1.807, 2.05) is 20.8 Å². The average molecular weight is 496 g/mol. The van der Waals surface area contributed by atoms with E-state index in [-0.39, 0.29) is 6.04 Å². The third-order valence-electron chi connectivity index (χ3n) is 4.89. The molecule has 0 radical (unpaired) electrons. The summed E-state index contributed by atoms with van der Waals surface area (Å²) < 4.78 is 6.17. The van der Waals surface area contributed by atoms with Crippen LogP contribution in [0.25, 0.3) is 11.0 Å². The first kappa shape index (κ1) is 23.3. The number of aliphatic hydroxyl groups is 1. The maximum absolute atomic E-state index is 12.4. The number of hydrogen-bond acceptors (Lipinski definition) is 6. The number of rotatable bonds is 4. The number of aromatic amines is 1. The summed E-state index contributed by atoms with van der Waals surface area (Å²) in [5.41, 5.74) is -0.0543. The number of H-pyrrole nitrogens is 1. The minimum absolute atomic E-state index is 0.0768. The molecule has 2 amide bonds. The zero-order valence-electron chi connectivity index (χ0n) is 18.5. The van der Waals surface area contributed by atoms with Crippen molar-refractivity contribution in [1.82, 2.24) is 15.3 Å². The maximum atomic E-state index is 12.4. The first-order valence-electron chi connectivity index (χ1n) is 10.3. The molecule has 1 aliphatic rings. The van der Waals surface area contributed by atoms with Crippen LogP contribution in [0.5, 0.6) is 0 Å². The van der Waals surface area contributed by atoms with Crippen LogP contribution in [-0.2, 0) is 9.53 Å². The molecule has 1 aliphatic heterocycles. The lowest BCUT2D eigenvalue weighted by molar-refractivity contribution is -0.130. The summed E-state index contributed by atoms with van der Waals surface area (Å²) in [7, 11) is 0. The van der Waals surface area contributed by atoms with Gasteiger partial charge in [-0.05, 0) is 63.4 Å². The summed E-state index contributed by atoms with van der Waals surface area (Å²) >= 11 is 3.60. The second-order valence-corrected chi connectivity index (χ2v) is 10.2. The molecule has 0 unspecified atom stereocenters. The Morgan fingerprint density at radius 1 is 1.32 bits per heavy atom. The van der Waals surface area contributed by atoms with Crippen molar-refractivity contribution in [1.29, 1.82) is 0 Å². The van der Waals surface area contributed by atoms with E-state index in [0.717, 1.165) is 34.9 Å². The van der Waals surface area contributed by atoms with Crippen LogP contribution in [0.3, 0.4) is 0 Å². The van der Waals surface area contributed by atoms with Gasteiger partial charge in [0.1, 0.15) is 16.8 Å². The summed E-state index contributed by atoms with van der Waals surface area (Å²) in [6.07, 6.45) is 4.67. The van der Waals surface area contributed by atoms with Gasteiger partial charge >= 0.3 is 6.09 Å². The van der Waals surface area contributed by atoms with Crippen molar-refractivity contribution >= 4 is 50.3 Å². The molecule has 3 rings (SSSR count). The molecule has 2 aromatic heterocycles. The molecule has 0 saturated carbocycles. The highest BCUT2D eigenvalue weighted by Crippen LogP contribution is 2.39. The van der Waals surface area contributed by atoms with Crippen molar-refractivity contribution in [3.8, 4) is 0 Å². The Balaban J connectivity index is 1.87. The van der Waals surface area contributed by atoms with Crippen molar-refractivity contribution < 1.29 is 19.4 Å². The minimum Gasteiger partial charge on any atom is -0.444 e.